The number of aliphatic hydroxyl groups excluding tert-OH is 1. The van der Waals surface area contributed by atoms with Crippen LogP contribution in [-0.4, -0.2) is 11.2 Å². The zero-order chi connectivity index (χ0) is 21.2. The normalized spacial score (nSPS) is 41.9. The smallest absolute Gasteiger partial charge is 0.0605 e. The van der Waals surface area contributed by atoms with Gasteiger partial charge in [-0.15, -0.1) is 0 Å². The van der Waals surface area contributed by atoms with Gasteiger partial charge >= 0.3 is 0 Å². The highest BCUT2D eigenvalue weighted by atomic mass is 16.3. The maximum atomic E-state index is 10.4. The zero-order valence-corrected chi connectivity index (χ0v) is 20.2. The van der Waals surface area contributed by atoms with Crippen LogP contribution in [0.25, 0.3) is 0 Å². The lowest BCUT2D eigenvalue weighted by Gasteiger charge is -2.44. The predicted octanol–water partition coefficient (Wildman–Crippen LogP) is 7.94. The second-order valence-electron chi connectivity index (χ2n) is 11.8. The van der Waals surface area contributed by atoms with Gasteiger partial charge in [-0.1, -0.05) is 84.1 Å². The van der Waals surface area contributed by atoms with Crippen LogP contribution in [0.4, 0.5) is 0 Å². The van der Waals surface area contributed by atoms with E-state index in [1.54, 1.807) is 5.57 Å². The van der Waals surface area contributed by atoms with Crippen molar-refractivity contribution in [1.82, 2.24) is 0 Å². The molecule has 1 N–H and O–H groups in total. The number of hydrogen-bond acceptors (Lipinski definition) is 1. The molecule has 166 valence electrons. The number of allylic oxidation sites excluding steroid dienone is 3. The van der Waals surface area contributed by atoms with Gasteiger partial charge < -0.3 is 5.11 Å². The van der Waals surface area contributed by atoms with Crippen molar-refractivity contribution in [2.24, 2.45) is 40.9 Å². The Labute approximate surface area is 181 Å². The molecule has 0 heterocycles. The third-order valence-electron chi connectivity index (χ3n) is 9.26. The molecule has 7 unspecified atom stereocenters. The van der Waals surface area contributed by atoms with Gasteiger partial charge in [-0.05, 0) is 85.9 Å². The summed E-state index contributed by atoms with van der Waals surface area (Å²) in [5.41, 5.74) is 3.72. The van der Waals surface area contributed by atoms with Crippen LogP contribution in [0.3, 0.4) is 0 Å². The molecular formula is C28H48O. The van der Waals surface area contributed by atoms with Crippen LogP contribution in [0.1, 0.15) is 106 Å². The molecule has 3 saturated carbocycles. The Bertz CT molecular complexity index is 585. The molecule has 0 spiro atoms. The van der Waals surface area contributed by atoms with Crippen LogP contribution in [0.2, 0.25) is 0 Å². The molecule has 3 aliphatic rings. The van der Waals surface area contributed by atoms with Gasteiger partial charge in [0.05, 0.1) is 6.10 Å². The molecule has 3 rings (SSSR count). The molecule has 0 aliphatic heterocycles. The summed E-state index contributed by atoms with van der Waals surface area (Å²) in [5, 5.41) is 10.4. The minimum atomic E-state index is -0.150. The Morgan fingerprint density at radius 3 is 2.52 bits per heavy atom. The standard InChI is InChI=1S/C28H48O/c1-19(2)9-7-10-20(3)25-14-15-26-24(11-8-16-28(25,26)6)13-12-23-17-21(4)22(5)27(29)18-23/h12-13,19-22,25-27,29H,7-11,14-18H2,1-6H3. The predicted molar refractivity (Wildman–Crippen MR) is 126 cm³/mol. The lowest BCUT2D eigenvalue weighted by Crippen LogP contribution is -2.36. The van der Waals surface area contributed by atoms with Gasteiger partial charge in [0.1, 0.15) is 0 Å². The molecule has 0 aromatic rings. The summed E-state index contributed by atoms with van der Waals surface area (Å²) in [6.45, 7) is 14.4. The number of hydrogen-bond donors (Lipinski definition) is 1. The topological polar surface area (TPSA) is 20.2 Å². The van der Waals surface area contributed by atoms with Crippen molar-refractivity contribution in [2.45, 2.75) is 112 Å². The van der Waals surface area contributed by atoms with Crippen molar-refractivity contribution in [1.29, 1.82) is 0 Å². The summed E-state index contributed by atoms with van der Waals surface area (Å²) in [6.07, 6.45) is 18.0. The number of rotatable bonds is 6. The van der Waals surface area contributed by atoms with Gasteiger partial charge in [-0.3, -0.25) is 0 Å². The van der Waals surface area contributed by atoms with Crippen LogP contribution in [0.15, 0.2) is 23.3 Å². The van der Waals surface area contributed by atoms with E-state index < -0.39 is 0 Å². The summed E-state index contributed by atoms with van der Waals surface area (Å²) in [6, 6.07) is 0. The van der Waals surface area contributed by atoms with E-state index in [4.69, 9.17) is 0 Å². The Kier molecular flexibility index (Phi) is 7.74. The summed E-state index contributed by atoms with van der Waals surface area (Å²) in [4.78, 5) is 0. The van der Waals surface area contributed by atoms with Gasteiger partial charge in [-0.25, -0.2) is 0 Å². The van der Waals surface area contributed by atoms with E-state index in [0.717, 1.165) is 30.1 Å². The molecule has 0 amide bonds. The number of aliphatic hydroxyl groups is 1. The highest BCUT2D eigenvalue weighted by Gasteiger charge is 2.50. The molecule has 29 heavy (non-hydrogen) atoms. The first-order valence-electron chi connectivity index (χ1n) is 12.8. The van der Waals surface area contributed by atoms with Gasteiger partial charge in [-0.2, -0.15) is 0 Å². The Morgan fingerprint density at radius 1 is 1.07 bits per heavy atom. The fourth-order valence-electron chi connectivity index (χ4n) is 7.14. The highest BCUT2D eigenvalue weighted by molar-refractivity contribution is 5.26. The van der Waals surface area contributed by atoms with Gasteiger partial charge in [0.15, 0.2) is 0 Å². The van der Waals surface area contributed by atoms with Crippen molar-refractivity contribution in [3.05, 3.63) is 23.3 Å². The van der Waals surface area contributed by atoms with E-state index >= 15 is 0 Å². The molecule has 1 heteroatoms. The third kappa shape index (κ3) is 5.20. The Morgan fingerprint density at radius 2 is 1.83 bits per heavy atom. The number of fused-ring (bicyclic) bond motifs is 1. The van der Waals surface area contributed by atoms with Crippen molar-refractivity contribution in [3.63, 3.8) is 0 Å². The lowest BCUT2D eigenvalue weighted by molar-refractivity contribution is 0.0690. The van der Waals surface area contributed by atoms with E-state index in [-0.39, 0.29) is 6.10 Å². The van der Waals surface area contributed by atoms with Crippen LogP contribution >= 0.6 is 0 Å². The first kappa shape index (κ1) is 23.1. The van der Waals surface area contributed by atoms with E-state index in [1.807, 2.05) is 0 Å². The summed E-state index contributed by atoms with van der Waals surface area (Å²) in [7, 11) is 0. The van der Waals surface area contributed by atoms with Crippen LogP contribution < -0.4 is 0 Å². The van der Waals surface area contributed by atoms with Crippen LogP contribution in [-0.2, 0) is 0 Å². The first-order valence-corrected chi connectivity index (χ1v) is 12.8. The van der Waals surface area contributed by atoms with E-state index in [1.165, 1.54) is 63.4 Å². The van der Waals surface area contributed by atoms with Crippen molar-refractivity contribution in [2.75, 3.05) is 0 Å². The molecule has 7 atom stereocenters. The molecule has 0 saturated heterocycles. The minimum absolute atomic E-state index is 0.150. The molecule has 0 radical (unpaired) electrons. The quantitative estimate of drug-likeness (QED) is 0.479. The Hall–Kier alpha value is -0.560. The fourth-order valence-corrected chi connectivity index (χ4v) is 7.14. The Balaban J connectivity index is 1.68. The van der Waals surface area contributed by atoms with Crippen molar-refractivity contribution < 1.29 is 5.11 Å². The average molecular weight is 401 g/mol. The maximum absolute atomic E-state index is 10.4. The largest absolute Gasteiger partial charge is 0.393 e. The third-order valence-corrected chi connectivity index (χ3v) is 9.26. The maximum Gasteiger partial charge on any atom is 0.0605 e. The van der Waals surface area contributed by atoms with E-state index in [9.17, 15) is 5.11 Å². The minimum Gasteiger partial charge on any atom is -0.393 e. The molecule has 1 nitrogen and oxygen atoms in total. The monoisotopic (exact) mass is 400 g/mol. The van der Waals surface area contributed by atoms with Gasteiger partial charge in [0.25, 0.3) is 0 Å². The average Bonchev–Trinajstić information content (AvgIpc) is 3.01. The summed E-state index contributed by atoms with van der Waals surface area (Å²) < 4.78 is 0. The zero-order valence-electron chi connectivity index (χ0n) is 20.2. The van der Waals surface area contributed by atoms with E-state index in [2.05, 4.69) is 53.7 Å². The first-order chi connectivity index (χ1) is 13.7. The van der Waals surface area contributed by atoms with Crippen LogP contribution in [0, 0.1) is 40.9 Å². The highest BCUT2D eigenvalue weighted by Crippen LogP contribution is 2.60. The molecule has 3 fully saturated rings. The molecule has 0 aromatic carbocycles. The van der Waals surface area contributed by atoms with Crippen LogP contribution in [0.5, 0.6) is 0 Å². The summed E-state index contributed by atoms with van der Waals surface area (Å²) >= 11 is 0. The van der Waals surface area contributed by atoms with Gasteiger partial charge in [0.2, 0.25) is 0 Å². The lowest BCUT2D eigenvalue weighted by atomic mass is 9.60. The second-order valence-corrected chi connectivity index (χ2v) is 11.8. The fraction of sp³-hybridized carbons (Fsp3) is 0.857. The van der Waals surface area contributed by atoms with Crippen molar-refractivity contribution >= 4 is 0 Å². The van der Waals surface area contributed by atoms with Gasteiger partial charge in [0, 0.05) is 0 Å². The molecular weight excluding hydrogens is 352 g/mol. The summed E-state index contributed by atoms with van der Waals surface area (Å²) in [5.74, 6) is 4.46. The van der Waals surface area contributed by atoms with Crippen molar-refractivity contribution in [3.8, 4) is 0 Å². The molecule has 0 aromatic heterocycles. The molecule has 3 aliphatic carbocycles. The second kappa shape index (κ2) is 9.71. The van der Waals surface area contributed by atoms with E-state index in [0.29, 0.717) is 17.3 Å². The SMILES string of the molecule is CC(C)CCCC(C)C1CCC2C(=CC=C3CC(C)C(C)C(O)C3)CCCC21C. The molecule has 0 bridgehead atoms.